The summed E-state index contributed by atoms with van der Waals surface area (Å²) in [5, 5.41) is 11.6. The number of carboxylic acid groups (broad SMARTS) is 1. The second-order valence-electron chi connectivity index (χ2n) is 4.99. The number of hydrogen-bond donors (Lipinski definition) is 2. The largest absolute Gasteiger partial charge is 0.491 e. The third-order valence-corrected chi connectivity index (χ3v) is 3.18. The highest BCUT2D eigenvalue weighted by molar-refractivity contribution is 9.10. The molecule has 1 aromatic carbocycles. The van der Waals surface area contributed by atoms with Gasteiger partial charge in [0, 0.05) is 30.2 Å². The summed E-state index contributed by atoms with van der Waals surface area (Å²) >= 11 is 3.31. The quantitative estimate of drug-likeness (QED) is 0.730. The number of carbonyl (C=O) groups is 2. The van der Waals surface area contributed by atoms with Gasteiger partial charge in [0.2, 0.25) is 0 Å². The van der Waals surface area contributed by atoms with Crippen LogP contribution in [-0.2, 0) is 9.53 Å². The Morgan fingerprint density at radius 2 is 2.00 bits per heavy atom. The molecule has 0 aliphatic heterocycles. The van der Waals surface area contributed by atoms with E-state index in [-0.39, 0.29) is 19.1 Å². The Kier molecular flexibility index (Phi) is 7.34. The number of rotatable bonds is 8. The summed E-state index contributed by atoms with van der Waals surface area (Å²) in [7, 11) is 1.48. The molecule has 6 nitrogen and oxygen atoms in total. The summed E-state index contributed by atoms with van der Waals surface area (Å²) in [5.74, 6) is -1.03. The highest BCUT2D eigenvalue weighted by atomic mass is 79.9. The summed E-state index contributed by atoms with van der Waals surface area (Å²) in [6.07, 6.45) is 0.166. The molecule has 2 N–H and O–H groups in total. The van der Waals surface area contributed by atoms with Gasteiger partial charge in [0.05, 0.1) is 6.10 Å². The van der Waals surface area contributed by atoms with E-state index >= 15 is 0 Å². The zero-order valence-corrected chi connectivity index (χ0v) is 14.3. The number of halogens is 1. The Bertz CT molecular complexity index is 533. The first kappa shape index (κ1) is 18.4. The molecule has 7 heteroatoms. The van der Waals surface area contributed by atoms with Crippen LogP contribution >= 0.6 is 15.9 Å². The highest BCUT2D eigenvalue weighted by Gasteiger charge is 2.21. The third-order valence-electron chi connectivity index (χ3n) is 2.72. The summed E-state index contributed by atoms with van der Waals surface area (Å²) in [5.41, 5.74) is 0.327. The lowest BCUT2D eigenvalue weighted by atomic mass is 10.1. The lowest BCUT2D eigenvalue weighted by Gasteiger charge is -2.15. The number of carboxylic acids is 1. The van der Waals surface area contributed by atoms with Gasteiger partial charge in [-0.05, 0) is 32.0 Å². The number of benzene rings is 1. The first-order chi connectivity index (χ1) is 10.3. The molecule has 0 fully saturated rings. The number of amides is 1. The zero-order valence-electron chi connectivity index (χ0n) is 12.8. The van der Waals surface area contributed by atoms with Crippen molar-refractivity contribution in [1.82, 2.24) is 5.32 Å². The first-order valence-electron chi connectivity index (χ1n) is 6.83. The Balaban J connectivity index is 2.87. The van der Waals surface area contributed by atoms with Gasteiger partial charge in [0.1, 0.15) is 11.8 Å². The summed E-state index contributed by atoms with van der Waals surface area (Å²) < 4.78 is 11.1. The van der Waals surface area contributed by atoms with Crippen molar-refractivity contribution in [3.05, 3.63) is 28.2 Å². The van der Waals surface area contributed by atoms with Crippen molar-refractivity contribution in [1.29, 1.82) is 0 Å². The van der Waals surface area contributed by atoms with Crippen LogP contribution in [0.25, 0.3) is 0 Å². The van der Waals surface area contributed by atoms with Gasteiger partial charge in [-0.3, -0.25) is 4.79 Å². The molecule has 1 atom stereocenters. The van der Waals surface area contributed by atoms with Gasteiger partial charge in [0.15, 0.2) is 0 Å². The Labute approximate surface area is 137 Å². The summed E-state index contributed by atoms with van der Waals surface area (Å²) in [4.78, 5) is 23.4. The van der Waals surface area contributed by atoms with E-state index < -0.39 is 17.9 Å². The van der Waals surface area contributed by atoms with Gasteiger partial charge in [-0.25, -0.2) is 4.79 Å². The van der Waals surface area contributed by atoms with E-state index in [1.165, 1.54) is 7.11 Å². The number of carbonyl (C=O) groups excluding carboxylic acids is 1. The van der Waals surface area contributed by atoms with E-state index in [1.54, 1.807) is 18.2 Å². The van der Waals surface area contributed by atoms with Gasteiger partial charge >= 0.3 is 5.97 Å². The van der Waals surface area contributed by atoms with Crippen molar-refractivity contribution < 1.29 is 24.2 Å². The minimum Gasteiger partial charge on any atom is -0.491 e. The molecule has 22 heavy (non-hydrogen) atoms. The number of aliphatic carboxylic acids is 1. The number of hydrogen-bond acceptors (Lipinski definition) is 4. The maximum atomic E-state index is 12.2. The molecule has 0 aliphatic rings. The van der Waals surface area contributed by atoms with E-state index in [1.807, 2.05) is 13.8 Å². The van der Waals surface area contributed by atoms with Crippen LogP contribution in [-0.4, -0.2) is 42.8 Å². The van der Waals surface area contributed by atoms with Crippen molar-refractivity contribution in [3.8, 4) is 5.75 Å². The standard InChI is InChI=1S/C15H20BrNO5/c1-9(2)22-12-7-10(6-11(16)8-12)14(18)17-13(15(19)20)4-5-21-3/h6-9,13H,4-5H2,1-3H3,(H,17,18)(H,19,20). The van der Waals surface area contributed by atoms with Crippen molar-refractivity contribution in [2.75, 3.05) is 13.7 Å². The van der Waals surface area contributed by atoms with E-state index in [9.17, 15) is 9.59 Å². The molecule has 1 aromatic rings. The summed E-state index contributed by atoms with van der Waals surface area (Å²) in [6.45, 7) is 4.01. The van der Waals surface area contributed by atoms with Crippen molar-refractivity contribution in [2.24, 2.45) is 0 Å². The summed E-state index contributed by atoms with van der Waals surface area (Å²) in [6, 6.07) is 3.93. The van der Waals surface area contributed by atoms with E-state index in [0.29, 0.717) is 15.8 Å². The van der Waals surface area contributed by atoms with Gasteiger partial charge < -0.3 is 19.9 Å². The minimum atomic E-state index is -1.10. The minimum absolute atomic E-state index is 0.0290. The fraction of sp³-hybridized carbons (Fsp3) is 0.467. The monoisotopic (exact) mass is 373 g/mol. The van der Waals surface area contributed by atoms with Crippen LogP contribution in [0.5, 0.6) is 5.75 Å². The molecule has 1 amide bonds. The van der Waals surface area contributed by atoms with Crippen LogP contribution in [0.2, 0.25) is 0 Å². The number of nitrogens with one attached hydrogen (secondary N) is 1. The molecule has 122 valence electrons. The average molecular weight is 374 g/mol. The molecule has 0 bridgehead atoms. The van der Waals surface area contributed by atoms with Gasteiger partial charge in [-0.2, -0.15) is 0 Å². The van der Waals surface area contributed by atoms with Crippen LogP contribution in [0.1, 0.15) is 30.6 Å². The second kappa shape index (κ2) is 8.75. The predicted octanol–water partition coefficient (Wildman–Crippen LogP) is 2.46. The van der Waals surface area contributed by atoms with Crippen LogP contribution in [0, 0.1) is 0 Å². The normalized spacial score (nSPS) is 12.0. The molecule has 1 rings (SSSR count). The molecule has 0 aliphatic carbocycles. The molecular formula is C15H20BrNO5. The van der Waals surface area contributed by atoms with Crippen LogP contribution < -0.4 is 10.1 Å². The molecule has 0 radical (unpaired) electrons. The highest BCUT2D eigenvalue weighted by Crippen LogP contribution is 2.22. The Morgan fingerprint density at radius 3 is 2.55 bits per heavy atom. The van der Waals surface area contributed by atoms with Gasteiger partial charge in [-0.1, -0.05) is 15.9 Å². The first-order valence-corrected chi connectivity index (χ1v) is 7.62. The maximum Gasteiger partial charge on any atom is 0.326 e. The fourth-order valence-corrected chi connectivity index (χ4v) is 2.24. The second-order valence-corrected chi connectivity index (χ2v) is 5.90. The van der Waals surface area contributed by atoms with Gasteiger partial charge in [0.25, 0.3) is 5.91 Å². The molecule has 0 heterocycles. The topological polar surface area (TPSA) is 84.9 Å². The molecule has 0 saturated heterocycles. The Morgan fingerprint density at radius 1 is 1.32 bits per heavy atom. The van der Waals surface area contributed by atoms with Crippen molar-refractivity contribution in [2.45, 2.75) is 32.4 Å². The average Bonchev–Trinajstić information content (AvgIpc) is 2.41. The number of ether oxygens (including phenoxy) is 2. The molecule has 0 saturated carbocycles. The third kappa shape index (κ3) is 6.03. The van der Waals surface area contributed by atoms with E-state index in [2.05, 4.69) is 21.2 Å². The Hall–Kier alpha value is -1.60. The van der Waals surface area contributed by atoms with Crippen molar-refractivity contribution in [3.63, 3.8) is 0 Å². The SMILES string of the molecule is COCCC(NC(=O)c1cc(Br)cc(OC(C)C)c1)C(=O)O. The van der Waals surface area contributed by atoms with Crippen molar-refractivity contribution >= 4 is 27.8 Å². The predicted molar refractivity (Wildman–Crippen MR) is 85.3 cm³/mol. The smallest absolute Gasteiger partial charge is 0.326 e. The lowest BCUT2D eigenvalue weighted by Crippen LogP contribution is -2.41. The van der Waals surface area contributed by atoms with E-state index in [0.717, 1.165) is 0 Å². The van der Waals surface area contributed by atoms with Crippen LogP contribution in [0.15, 0.2) is 22.7 Å². The van der Waals surface area contributed by atoms with Crippen LogP contribution in [0.3, 0.4) is 0 Å². The fourth-order valence-electron chi connectivity index (χ4n) is 1.77. The molecule has 0 spiro atoms. The molecule has 1 unspecified atom stereocenters. The maximum absolute atomic E-state index is 12.2. The zero-order chi connectivity index (χ0) is 16.7. The molecule has 0 aromatic heterocycles. The van der Waals surface area contributed by atoms with Crippen LogP contribution in [0.4, 0.5) is 0 Å². The van der Waals surface area contributed by atoms with Gasteiger partial charge in [-0.15, -0.1) is 0 Å². The number of methoxy groups -OCH3 is 1. The van der Waals surface area contributed by atoms with E-state index in [4.69, 9.17) is 14.6 Å². The lowest BCUT2D eigenvalue weighted by molar-refractivity contribution is -0.139. The molecular weight excluding hydrogens is 354 g/mol.